The van der Waals surface area contributed by atoms with E-state index >= 15 is 0 Å². The van der Waals surface area contributed by atoms with E-state index in [1.807, 2.05) is 13.0 Å². The summed E-state index contributed by atoms with van der Waals surface area (Å²) in [5.74, 6) is 0.184. The van der Waals surface area contributed by atoms with Gasteiger partial charge in [-0.05, 0) is 13.0 Å². The van der Waals surface area contributed by atoms with Crippen molar-refractivity contribution in [3.63, 3.8) is 0 Å². The first-order valence-electron chi connectivity index (χ1n) is 4.12. The second kappa shape index (κ2) is 2.97. The predicted octanol–water partition coefficient (Wildman–Crippen LogP) is 1.19. The molecular formula is C9H10N2O2. The van der Waals surface area contributed by atoms with Crippen LogP contribution in [0, 0.1) is 0 Å². The molecule has 2 rings (SSSR count). The van der Waals surface area contributed by atoms with Gasteiger partial charge in [-0.25, -0.2) is 0 Å². The Labute approximate surface area is 75.3 Å². The predicted molar refractivity (Wildman–Crippen MR) is 48.5 cm³/mol. The Morgan fingerprint density at radius 1 is 1.54 bits per heavy atom. The molecule has 0 aliphatic heterocycles. The van der Waals surface area contributed by atoms with Crippen LogP contribution >= 0.6 is 0 Å². The Morgan fingerprint density at radius 2 is 2.38 bits per heavy atom. The fourth-order valence-corrected chi connectivity index (χ4v) is 1.25. The van der Waals surface area contributed by atoms with Gasteiger partial charge in [-0.3, -0.25) is 0 Å². The molecule has 0 atom stereocenters. The van der Waals surface area contributed by atoms with Gasteiger partial charge in [0.25, 0.3) is 0 Å². The summed E-state index contributed by atoms with van der Waals surface area (Å²) < 4.78 is 0. The minimum absolute atomic E-state index is 0.184. The van der Waals surface area contributed by atoms with Crippen LogP contribution in [-0.2, 0) is 0 Å². The molecule has 0 bridgehead atoms. The van der Waals surface area contributed by atoms with Gasteiger partial charge in [0, 0.05) is 5.39 Å². The van der Waals surface area contributed by atoms with Crippen LogP contribution in [0.1, 0.15) is 6.92 Å². The summed E-state index contributed by atoms with van der Waals surface area (Å²) in [5.41, 5.74) is 0.615. The van der Waals surface area contributed by atoms with Crippen LogP contribution in [0.4, 0.5) is 0 Å². The summed E-state index contributed by atoms with van der Waals surface area (Å²) >= 11 is 0. The van der Waals surface area contributed by atoms with Crippen LogP contribution in [0.25, 0.3) is 10.9 Å². The molecule has 0 spiro atoms. The molecule has 0 radical (unpaired) electrons. The zero-order valence-corrected chi connectivity index (χ0v) is 7.27. The number of phenolic OH excluding ortho intramolecular Hbond substituents is 1. The second-order valence-corrected chi connectivity index (χ2v) is 2.65. The average molecular weight is 178 g/mol. The number of rotatable bonds is 2. The fraction of sp³-hybridized carbons (Fsp3) is 0.222. The van der Waals surface area contributed by atoms with Crippen molar-refractivity contribution in [3.8, 4) is 5.75 Å². The van der Waals surface area contributed by atoms with Gasteiger partial charge in [0.2, 0.25) is 0 Å². The van der Waals surface area contributed by atoms with E-state index < -0.39 is 0 Å². The summed E-state index contributed by atoms with van der Waals surface area (Å²) in [7, 11) is 0. The largest absolute Gasteiger partial charge is 0.506 e. The number of nitrogens with zero attached hydrogens (tertiary/aromatic N) is 2. The first kappa shape index (κ1) is 7.91. The first-order valence-corrected chi connectivity index (χ1v) is 4.12. The highest BCUT2D eigenvalue weighted by molar-refractivity contribution is 5.83. The molecule has 1 heterocycles. The van der Waals surface area contributed by atoms with Gasteiger partial charge in [0.15, 0.2) is 5.52 Å². The van der Waals surface area contributed by atoms with Crippen molar-refractivity contribution in [3.05, 3.63) is 24.4 Å². The van der Waals surface area contributed by atoms with Crippen molar-refractivity contribution >= 4 is 10.9 Å². The van der Waals surface area contributed by atoms with Gasteiger partial charge in [0.1, 0.15) is 12.4 Å². The summed E-state index contributed by atoms with van der Waals surface area (Å²) in [5, 5.41) is 14.4. The second-order valence-electron chi connectivity index (χ2n) is 2.65. The van der Waals surface area contributed by atoms with Gasteiger partial charge < -0.3 is 9.94 Å². The molecule has 0 fully saturated rings. The summed E-state index contributed by atoms with van der Waals surface area (Å²) in [6.45, 7) is 2.39. The van der Waals surface area contributed by atoms with E-state index in [-0.39, 0.29) is 5.75 Å². The lowest BCUT2D eigenvalue weighted by molar-refractivity contribution is 0.102. The Hall–Kier alpha value is -1.71. The molecular weight excluding hydrogens is 168 g/mol. The smallest absolute Gasteiger partial charge is 0.151 e. The number of hydrogen-bond donors (Lipinski definition) is 1. The molecule has 0 aliphatic carbocycles. The molecule has 0 saturated carbocycles. The Kier molecular flexibility index (Phi) is 1.81. The van der Waals surface area contributed by atoms with E-state index in [4.69, 9.17) is 4.84 Å². The lowest BCUT2D eigenvalue weighted by atomic mass is 10.2. The molecule has 13 heavy (non-hydrogen) atoms. The molecule has 1 aromatic carbocycles. The number of aromatic nitrogens is 2. The van der Waals surface area contributed by atoms with Crippen LogP contribution in [-0.4, -0.2) is 21.7 Å². The minimum Gasteiger partial charge on any atom is -0.506 e. The maximum atomic E-state index is 9.53. The lowest BCUT2D eigenvalue weighted by Gasteiger charge is -2.03. The quantitative estimate of drug-likeness (QED) is 0.751. The molecule has 1 N–H and O–H groups in total. The molecule has 0 unspecified atom stereocenters. The van der Waals surface area contributed by atoms with Gasteiger partial charge in [0.05, 0.1) is 6.20 Å². The molecule has 0 saturated heterocycles. The SMILES string of the molecule is CCOn1ncc2cccc(O)c21. The minimum atomic E-state index is 0.184. The van der Waals surface area contributed by atoms with Crippen LogP contribution in [0.5, 0.6) is 5.75 Å². The number of benzene rings is 1. The zero-order chi connectivity index (χ0) is 9.26. The average Bonchev–Trinajstić information content (AvgIpc) is 2.51. The molecule has 4 nitrogen and oxygen atoms in total. The number of hydrogen-bond acceptors (Lipinski definition) is 3. The van der Waals surface area contributed by atoms with E-state index in [9.17, 15) is 5.11 Å². The van der Waals surface area contributed by atoms with E-state index in [0.717, 1.165) is 5.39 Å². The monoisotopic (exact) mass is 178 g/mol. The summed E-state index contributed by atoms with van der Waals surface area (Å²) in [4.78, 5) is 6.52. The van der Waals surface area contributed by atoms with Crippen LogP contribution in [0.3, 0.4) is 0 Å². The third-order valence-electron chi connectivity index (χ3n) is 1.79. The highest BCUT2D eigenvalue weighted by Crippen LogP contribution is 2.22. The van der Waals surface area contributed by atoms with Crippen molar-refractivity contribution in [2.75, 3.05) is 6.61 Å². The standard InChI is InChI=1S/C9H10N2O2/c1-2-13-11-9-7(6-10-11)4-3-5-8(9)12/h3-6,12H,2H2,1H3. The topological polar surface area (TPSA) is 47.3 Å². The summed E-state index contributed by atoms with van der Waals surface area (Å²) in [6.07, 6.45) is 1.66. The fourth-order valence-electron chi connectivity index (χ4n) is 1.25. The molecule has 68 valence electrons. The molecule has 4 heteroatoms. The van der Waals surface area contributed by atoms with Gasteiger partial charge in [-0.15, -0.1) is 5.10 Å². The van der Waals surface area contributed by atoms with Crippen LogP contribution in [0.2, 0.25) is 0 Å². The molecule has 1 aromatic heterocycles. The van der Waals surface area contributed by atoms with Crippen molar-refractivity contribution in [1.82, 2.24) is 9.94 Å². The van der Waals surface area contributed by atoms with Crippen molar-refractivity contribution in [1.29, 1.82) is 0 Å². The van der Waals surface area contributed by atoms with Gasteiger partial charge >= 0.3 is 0 Å². The highest BCUT2D eigenvalue weighted by atomic mass is 16.7. The van der Waals surface area contributed by atoms with E-state index in [1.165, 1.54) is 4.85 Å². The number of phenols is 1. The first-order chi connectivity index (χ1) is 6.33. The Balaban J connectivity index is 2.64. The number of aromatic hydroxyl groups is 1. The number of para-hydroxylation sites is 1. The highest BCUT2D eigenvalue weighted by Gasteiger charge is 2.06. The van der Waals surface area contributed by atoms with E-state index in [1.54, 1.807) is 18.3 Å². The van der Waals surface area contributed by atoms with Gasteiger partial charge in [-0.1, -0.05) is 17.0 Å². The third kappa shape index (κ3) is 1.20. The third-order valence-corrected chi connectivity index (χ3v) is 1.79. The normalized spacial score (nSPS) is 10.5. The van der Waals surface area contributed by atoms with Gasteiger partial charge in [-0.2, -0.15) is 0 Å². The van der Waals surface area contributed by atoms with Crippen molar-refractivity contribution in [2.24, 2.45) is 0 Å². The Morgan fingerprint density at radius 3 is 3.15 bits per heavy atom. The maximum absolute atomic E-state index is 9.53. The van der Waals surface area contributed by atoms with Crippen molar-refractivity contribution in [2.45, 2.75) is 6.92 Å². The van der Waals surface area contributed by atoms with Crippen molar-refractivity contribution < 1.29 is 9.94 Å². The maximum Gasteiger partial charge on any atom is 0.151 e. The molecule has 0 aliphatic rings. The molecule has 0 amide bonds. The zero-order valence-electron chi connectivity index (χ0n) is 7.27. The van der Waals surface area contributed by atoms with E-state index in [0.29, 0.717) is 12.1 Å². The number of fused-ring (bicyclic) bond motifs is 1. The van der Waals surface area contributed by atoms with E-state index in [2.05, 4.69) is 5.10 Å². The Bertz CT molecular complexity index is 422. The summed E-state index contributed by atoms with van der Waals surface area (Å²) in [6, 6.07) is 5.26. The van der Waals surface area contributed by atoms with Crippen LogP contribution in [0.15, 0.2) is 24.4 Å². The lowest BCUT2D eigenvalue weighted by Crippen LogP contribution is -2.11. The molecule has 2 aromatic rings. The van der Waals surface area contributed by atoms with Crippen LogP contribution < -0.4 is 4.84 Å².